The van der Waals surface area contributed by atoms with E-state index in [-0.39, 0.29) is 0 Å². The average molecular weight is 373 g/mol. The maximum absolute atomic E-state index is 12.6. The van der Waals surface area contributed by atoms with Gasteiger partial charge in [0.15, 0.2) is 0 Å². The van der Waals surface area contributed by atoms with Crippen LogP contribution in [0.5, 0.6) is 0 Å². The molecule has 0 spiro atoms. The average Bonchev–Trinajstić information content (AvgIpc) is 2.31. The number of hydrogen-bond acceptors (Lipinski definition) is 3. The predicted molar refractivity (Wildman–Crippen MR) is 55.1 cm³/mol. The molecule has 3 nitrogen and oxygen atoms in total. The van der Waals surface area contributed by atoms with E-state index in [0.29, 0.717) is 6.66 Å². The van der Waals surface area contributed by atoms with E-state index in [4.69, 9.17) is 0 Å². The Morgan fingerprint density at radius 1 is 0.727 bits per heavy atom. The molecule has 0 aliphatic heterocycles. The van der Waals surface area contributed by atoms with Gasteiger partial charge in [0.1, 0.15) is 13.2 Å². The summed E-state index contributed by atoms with van der Waals surface area (Å²) in [6.07, 6.45) is -12.0. The first-order chi connectivity index (χ1) is 9.47. The summed E-state index contributed by atoms with van der Waals surface area (Å²) in [5.41, 5.74) is 0. The molecule has 0 heterocycles. The largest absolute Gasteiger partial charge is 0.455 e. The van der Waals surface area contributed by atoms with Gasteiger partial charge < -0.3 is 9.05 Å². The van der Waals surface area contributed by atoms with Gasteiger partial charge in [0.05, 0.1) is 0 Å². The summed E-state index contributed by atoms with van der Waals surface area (Å²) >= 11 is 0. The quantitative estimate of drug-likeness (QED) is 0.499. The van der Waals surface area contributed by atoms with Crippen LogP contribution in [0.1, 0.15) is 0 Å². The van der Waals surface area contributed by atoms with Crippen LogP contribution in [0.25, 0.3) is 0 Å². The fourth-order valence-corrected chi connectivity index (χ4v) is 1.83. The van der Waals surface area contributed by atoms with Crippen molar-refractivity contribution in [3.8, 4) is 0 Å². The Morgan fingerprint density at radius 3 is 1.18 bits per heavy atom. The van der Waals surface area contributed by atoms with Gasteiger partial charge in [0.2, 0.25) is 7.51 Å². The second-order valence-corrected chi connectivity index (χ2v) is 6.48. The zero-order valence-electron chi connectivity index (χ0n) is 10.9. The van der Waals surface area contributed by atoms with Gasteiger partial charge in [-0.15, -0.1) is 0 Å². The maximum Gasteiger partial charge on any atom is 0.455 e. The lowest BCUT2D eigenvalue weighted by atomic mass is 10.3. The molecule has 0 radical (unpaired) electrons. The zero-order chi connectivity index (χ0) is 18.0. The highest BCUT2D eigenvalue weighted by Gasteiger charge is 2.59. The van der Waals surface area contributed by atoms with Crippen LogP contribution in [-0.2, 0) is 9.05 Å². The zero-order valence-corrected chi connectivity index (χ0v) is 11.8. The fraction of sp³-hybridized carbons (Fsp3) is 1.00. The summed E-state index contributed by atoms with van der Waals surface area (Å²) in [5.74, 6) is -10.7. The van der Waals surface area contributed by atoms with E-state index >= 15 is 0 Å². The van der Waals surface area contributed by atoms with E-state index in [1.165, 1.54) is 0 Å². The van der Waals surface area contributed by atoms with Gasteiger partial charge >= 0.3 is 24.2 Å². The van der Waals surface area contributed by atoms with Crippen LogP contribution >= 0.6 is 7.51 Å². The summed E-state index contributed by atoms with van der Waals surface area (Å²) in [7, 11) is -3.36. The van der Waals surface area contributed by atoms with Crippen LogP contribution < -0.4 is 0 Å². The fourth-order valence-electron chi connectivity index (χ4n) is 0.718. The number of rotatable bonds is 6. The van der Waals surface area contributed by atoms with E-state index in [1.54, 1.807) is 0 Å². The molecule has 22 heavy (non-hydrogen) atoms. The van der Waals surface area contributed by atoms with Crippen molar-refractivity contribution in [3.63, 3.8) is 0 Å². The van der Waals surface area contributed by atoms with E-state index in [2.05, 4.69) is 13.8 Å². The number of alkyl halides is 10. The monoisotopic (exact) mass is 373 g/mol. The SMILES string of the molecule is CN=P(C)(OCC(F)(F)C(F)(F)F)OCC(F)(F)C(F)(F)F. The Hall–Kier alpha value is -0.550. The third kappa shape index (κ3) is 5.58. The molecule has 0 aliphatic carbocycles. The molecule has 0 aromatic heterocycles. The molecular weight excluding hydrogens is 363 g/mol. The summed E-state index contributed by atoms with van der Waals surface area (Å²) in [6.45, 7) is -4.03. The van der Waals surface area contributed by atoms with Gasteiger partial charge in [0.25, 0.3) is 0 Å². The van der Waals surface area contributed by atoms with Crippen molar-refractivity contribution in [1.29, 1.82) is 0 Å². The highest BCUT2D eigenvalue weighted by molar-refractivity contribution is 7.55. The smallest absolute Gasteiger partial charge is 0.317 e. The molecular formula is C8H10F10NO2P. The summed E-state index contributed by atoms with van der Waals surface area (Å²) in [6, 6.07) is 0. The Balaban J connectivity index is 4.90. The molecule has 0 aliphatic rings. The molecule has 0 saturated carbocycles. The van der Waals surface area contributed by atoms with E-state index in [9.17, 15) is 43.9 Å². The van der Waals surface area contributed by atoms with Gasteiger partial charge in [0, 0.05) is 13.7 Å². The number of nitrogens with zero attached hydrogens (tertiary/aromatic N) is 1. The Kier molecular flexibility index (Phi) is 6.36. The minimum atomic E-state index is -5.98. The molecule has 0 rings (SSSR count). The van der Waals surface area contributed by atoms with E-state index in [0.717, 1.165) is 7.05 Å². The Bertz CT molecular complexity index is 396. The lowest BCUT2D eigenvalue weighted by Gasteiger charge is -2.26. The normalized spacial score (nSPS) is 15.1. The van der Waals surface area contributed by atoms with Crippen molar-refractivity contribution in [2.75, 3.05) is 26.9 Å². The van der Waals surface area contributed by atoms with Crippen molar-refractivity contribution in [3.05, 3.63) is 0 Å². The highest BCUT2D eigenvalue weighted by atomic mass is 31.2. The van der Waals surface area contributed by atoms with Gasteiger partial charge in [-0.1, -0.05) is 0 Å². The summed E-state index contributed by atoms with van der Waals surface area (Å²) in [5, 5.41) is 0. The first-order valence-corrected chi connectivity index (χ1v) is 7.16. The Labute approximate surface area is 117 Å². The van der Waals surface area contributed by atoms with Gasteiger partial charge in [-0.05, 0) is 0 Å². The van der Waals surface area contributed by atoms with Gasteiger partial charge in [-0.2, -0.15) is 43.9 Å². The van der Waals surface area contributed by atoms with E-state index in [1.807, 2.05) is 0 Å². The minimum Gasteiger partial charge on any atom is -0.317 e. The van der Waals surface area contributed by atoms with E-state index < -0.39 is 44.9 Å². The molecule has 0 atom stereocenters. The van der Waals surface area contributed by atoms with Gasteiger partial charge in [-0.3, -0.25) is 4.74 Å². The Morgan fingerprint density at radius 2 is 1.00 bits per heavy atom. The van der Waals surface area contributed by atoms with Crippen molar-refractivity contribution >= 4 is 7.51 Å². The second-order valence-electron chi connectivity index (χ2n) is 3.95. The molecule has 0 aromatic carbocycles. The van der Waals surface area contributed by atoms with Crippen LogP contribution in [0.3, 0.4) is 0 Å². The lowest BCUT2D eigenvalue weighted by molar-refractivity contribution is -0.293. The molecule has 0 unspecified atom stereocenters. The van der Waals surface area contributed by atoms with Crippen molar-refractivity contribution < 1.29 is 53.0 Å². The maximum atomic E-state index is 12.6. The topological polar surface area (TPSA) is 30.8 Å². The molecule has 0 bridgehead atoms. The lowest BCUT2D eigenvalue weighted by Crippen LogP contribution is -2.41. The molecule has 0 N–H and O–H groups in total. The molecule has 14 heteroatoms. The van der Waals surface area contributed by atoms with Crippen molar-refractivity contribution in [2.24, 2.45) is 4.74 Å². The first kappa shape index (κ1) is 21.4. The highest BCUT2D eigenvalue weighted by Crippen LogP contribution is 2.51. The van der Waals surface area contributed by atoms with Crippen LogP contribution in [0.4, 0.5) is 43.9 Å². The van der Waals surface area contributed by atoms with Crippen molar-refractivity contribution in [2.45, 2.75) is 24.2 Å². The third-order valence-corrected chi connectivity index (χ3v) is 4.11. The summed E-state index contributed by atoms with van der Waals surface area (Å²) < 4.78 is 133. The standard InChI is InChI=1S/C8H10F10NO2P/c1-19-22(2,20-3-5(9,10)7(13,14)15)21-4-6(11,12)8(16,17)18/h3-4H2,1-2H3. The summed E-state index contributed by atoms with van der Waals surface area (Å²) in [4.78, 5) is 0. The van der Waals surface area contributed by atoms with Crippen molar-refractivity contribution in [1.82, 2.24) is 0 Å². The number of hydrogen-bond donors (Lipinski definition) is 0. The number of halogens is 10. The minimum absolute atomic E-state index is 0.617. The molecule has 134 valence electrons. The third-order valence-electron chi connectivity index (χ3n) is 2.16. The van der Waals surface area contributed by atoms with Crippen LogP contribution in [0.15, 0.2) is 4.74 Å². The predicted octanol–water partition coefficient (Wildman–Crippen LogP) is 4.71. The van der Waals surface area contributed by atoms with Gasteiger partial charge in [-0.25, -0.2) is 0 Å². The first-order valence-electron chi connectivity index (χ1n) is 5.13. The van der Waals surface area contributed by atoms with Crippen LogP contribution in [0.2, 0.25) is 0 Å². The second kappa shape index (κ2) is 6.52. The molecule has 0 saturated heterocycles. The molecule has 0 amide bonds. The van der Waals surface area contributed by atoms with Crippen LogP contribution in [0, 0.1) is 0 Å². The molecule has 0 aromatic rings. The van der Waals surface area contributed by atoms with Crippen LogP contribution in [-0.4, -0.2) is 51.1 Å². The molecule has 0 fully saturated rings.